The molecule has 5 aromatic rings. The van der Waals surface area contributed by atoms with Crippen molar-refractivity contribution >= 4 is 44.4 Å². The second-order valence-corrected chi connectivity index (χ2v) is 9.66. The van der Waals surface area contributed by atoms with E-state index in [4.69, 9.17) is 18.8 Å². The Morgan fingerprint density at radius 2 is 1.00 bits per heavy atom. The Morgan fingerprint density at radius 3 is 1.36 bits per heavy atom. The number of hydrogen-bond acceptors (Lipinski definition) is 4. The molecule has 3 heterocycles. The third-order valence-electron chi connectivity index (χ3n) is 5.45. The Bertz CT molecular complexity index is 1270. The van der Waals surface area contributed by atoms with Gasteiger partial charge in [-0.05, 0) is 46.2 Å². The maximum absolute atomic E-state index is 6.08. The summed E-state index contributed by atoms with van der Waals surface area (Å²) in [7, 11) is 0. The fraction of sp³-hybridized carbons (Fsp3) is 0.333. The SMILES string of the molecule is CC(C)(C)c1ccc2c(c1)oc1nc3c(nc12)oc1cc(C(C)(C)C)ccc13. The lowest BCUT2D eigenvalue weighted by atomic mass is 9.87. The van der Waals surface area contributed by atoms with Crippen molar-refractivity contribution in [3.63, 3.8) is 0 Å². The van der Waals surface area contributed by atoms with Gasteiger partial charge in [0.25, 0.3) is 0 Å². The summed E-state index contributed by atoms with van der Waals surface area (Å²) >= 11 is 0. The molecule has 0 N–H and O–H groups in total. The van der Waals surface area contributed by atoms with Crippen molar-refractivity contribution in [3.05, 3.63) is 47.5 Å². The standard InChI is InChI=1S/C24H24N2O2/c1-23(2,3)13-7-9-15-17(11-13)27-21-19(15)25-22-20(26-21)16-10-8-14(24(4,5)6)12-18(16)28-22/h7-12H,1-6H3. The van der Waals surface area contributed by atoms with E-state index >= 15 is 0 Å². The Balaban J connectivity index is 1.77. The van der Waals surface area contributed by atoms with E-state index in [9.17, 15) is 0 Å². The largest absolute Gasteiger partial charge is 0.436 e. The second kappa shape index (κ2) is 5.34. The number of rotatable bonds is 0. The van der Waals surface area contributed by atoms with Crippen LogP contribution in [0.4, 0.5) is 0 Å². The van der Waals surface area contributed by atoms with Crippen molar-refractivity contribution in [3.8, 4) is 0 Å². The van der Waals surface area contributed by atoms with Crippen LogP contribution in [0.15, 0.2) is 45.2 Å². The third-order valence-corrected chi connectivity index (χ3v) is 5.45. The molecule has 2 aromatic carbocycles. The van der Waals surface area contributed by atoms with Crippen molar-refractivity contribution in [2.24, 2.45) is 0 Å². The molecule has 0 atom stereocenters. The first-order chi connectivity index (χ1) is 13.1. The summed E-state index contributed by atoms with van der Waals surface area (Å²) in [5.74, 6) is 0. The number of fused-ring (bicyclic) bond motifs is 6. The maximum Gasteiger partial charge on any atom is 0.247 e. The summed E-state index contributed by atoms with van der Waals surface area (Å²) in [6.07, 6.45) is 0. The van der Waals surface area contributed by atoms with Crippen LogP contribution < -0.4 is 0 Å². The molecule has 0 aliphatic carbocycles. The summed E-state index contributed by atoms with van der Waals surface area (Å²) in [6.45, 7) is 13.2. The zero-order valence-corrected chi connectivity index (χ0v) is 17.2. The van der Waals surface area contributed by atoms with Crippen LogP contribution in [0, 0.1) is 0 Å². The molecule has 0 fully saturated rings. The van der Waals surface area contributed by atoms with Crippen molar-refractivity contribution in [2.45, 2.75) is 52.4 Å². The van der Waals surface area contributed by atoms with Gasteiger partial charge in [-0.2, -0.15) is 0 Å². The van der Waals surface area contributed by atoms with Crippen molar-refractivity contribution in [2.75, 3.05) is 0 Å². The van der Waals surface area contributed by atoms with Gasteiger partial charge in [-0.15, -0.1) is 0 Å². The van der Waals surface area contributed by atoms with Gasteiger partial charge in [-0.25, -0.2) is 9.97 Å². The second-order valence-electron chi connectivity index (χ2n) is 9.66. The average Bonchev–Trinajstić information content (AvgIpc) is 3.14. The molecule has 0 spiro atoms. The van der Waals surface area contributed by atoms with Crippen LogP contribution in [0.2, 0.25) is 0 Å². The highest BCUT2D eigenvalue weighted by atomic mass is 16.4. The minimum Gasteiger partial charge on any atom is -0.436 e. The van der Waals surface area contributed by atoms with Crippen LogP contribution >= 0.6 is 0 Å². The highest BCUT2D eigenvalue weighted by Gasteiger charge is 2.20. The van der Waals surface area contributed by atoms with E-state index in [1.165, 1.54) is 11.1 Å². The number of aromatic nitrogens is 2. The lowest BCUT2D eigenvalue weighted by molar-refractivity contribution is 0.586. The summed E-state index contributed by atoms with van der Waals surface area (Å²) in [5.41, 5.74) is 6.79. The molecule has 0 unspecified atom stereocenters. The van der Waals surface area contributed by atoms with Gasteiger partial charge in [0.15, 0.2) is 0 Å². The predicted octanol–water partition coefficient (Wildman–Crippen LogP) is 6.87. The zero-order chi connectivity index (χ0) is 19.8. The molecule has 3 aromatic heterocycles. The summed E-state index contributed by atoms with van der Waals surface area (Å²) in [5, 5.41) is 1.93. The van der Waals surface area contributed by atoms with Crippen molar-refractivity contribution < 1.29 is 8.83 Å². The van der Waals surface area contributed by atoms with E-state index in [-0.39, 0.29) is 10.8 Å². The molecule has 142 valence electrons. The third kappa shape index (κ3) is 2.51. The predicted molar refractivity (Wildman–Crippen MR) is 114 cm³/mol. The zero-order valence-electron chi connectivity index (χ0n) is 17.2. The van der Waals surface area contributed by atoms with E-state index in [1.54, 1.807) is 0 Å². The van der Waals surface area contributed by atoms with E-state index in [0.29, 0.717) is 11.4 Å². The molecule has 0 saturated carbocycles. The van der Waals surface area contributed by atoms with Crippen LogP contribution in [0.25, 0.3) is 44.4 Å². The lowest BCUT2D eigenvalue weighted by Gasteiger charge is -2.18. The Kier molecular flexibility index (Phi) is 3.29. The number of benzene rings is 2. The van der Waals surface area contributed by atoms with E-state index in [2.05, 4.69) is 77.9 Å². The fourth-order valence-corrected chi connectivity index (χ4v) is 3.64. The fourth-order valence-electron chi connectivity index (χ4n) is 3.64. The first kappa shape index (κ1) is 17.2. The molecular formula is C24H24N2O2. The minimum atomic E-state index is 0.0581. The van der Waals surface area contributed by atoms with Gasteiger partial charge < -0.3 is 8.83 Å². The van der Waals surface area contributed by atoms with Gasteiger partial charge in [0.2, 0.25) is 11.4 Å². The van der Waals surface area contributed by atoms with Crippen molar-refractivity contribution in [1.82, 2.24) is 9.97 Å². The number of hydrogen-bond donors (Lipinski definition) is 0. The van der Waals surface area contributed by atoms with Gasteiger partial charge in [0, 0.05) is 10.8 Å². The quantitative estimate of drug-likeness (QED) is 0.297. The Hall–Kier alpha value is -2.88. The highest BCUT2D eigenvalue weighted by Crippen LogP contribution is 2.35. The molecule has 0 radical (unpaired) electrons. The molecule has 0 bridgehead atoms. The van der Waals surface area contributed by atoms with E-state index < -0.39 is 0 Å². The molecule has 5 rings (SSSR count). The summed E-state index contributed by atoms with van der Waals surface area (Å²) in [4.78, 5) is 9.53. The molecular weight excluding hydrogens is 348 g/mol. The monoisotopic (exact) mass is 372 g/mol. The van der Waals surface area contributed by atoms with Crippen LogP contribution in [0.3, 0.4) is 0 Å². The maximum atomic E-state index is 6.08. The molecule has 4 nitrogen and oxygen atoms in total. The summed E-state index contributed by atoms with van der Waals surface area (Å²) in [6, 6.07) is 12.6. The van der Waals surface area contributed by atoms with Crippen LogP contribution in [0.5, 0.6) is 0 Å². The number of nitrogens with zero attached hydrogens (tertiary/aromatic N) is 2. The molecule has 28 heavy (non-hydrogen) atoms. The number of furan rings is 2. The molecule has 0 saturated heterocycles. The average molecular weight is 372 g/mol. The van der Waals surface area contributed by atoms with Gasteiger partial charge >= 0.3 is 0 Å². The Morgan fingerprint density at radius 1 is 0.607 bits per heavy atom. The molecule has 4 heteroatoms. The van der Waals surface area contributed by atoms with Gasteiger partial charge in [-0.3, -0.25) is 0 Å². The molecule has 0 aliphatic rings. The van der Waals surface area contributed by atoms with Gasteiger partial charge in [0.1, 0.15) is 22.2 Å². The normalized spacial score (nSPS) is 13.4. The van der Waals surface area contributed by atoms with Crippen LogP contribution in [-0.2, 0) is 10.8 Å². The highest BCUT2D eigenvalue weighted by molar-refractivity contribution is 6.07. The van der Waals surface area contributed by atoms with Gasteiger partial charge in [-0.1, -0.05) is 53.7 Å². The molecule has 0 aliphatic heterocycles. The Labute approximate surface area is 163 Å². The first-order valence-electron chi connectivity index (χ1n) is 9.69. The van der Waals surface area contributed by atoms with E-state index in [1.807, 2.05) is 0 Å². The van der Waals surface area contributed by atoms with Gasteiger partial charge in [0.05, 0.1) is 0 Å². The van der Waals surface area contributed by atoms with Crippen molar-refractivity contribution in [1.29, 1.82) is 0 Å². The van der Waals surface area contributed by atoms with Crippen LogP contribution in [0.1, 0.15) is 52.7 Å². The minimum absolute atomic E-state index is 0.0581. The smallest absolute Gasteiger partial charge is 0.247 e. The summed E-state index contributed by atoms with van der Waals surface area (Å²) < 4.78 is 12.2. The van der Waals surface area contributed by atoms with E-state index in [0.717, 1.165) is 33.0 Å². The molecule has 0 amide bonds. The topological polar surface area (TPSA) is 52.1 Å². The lowest BCUT2D eigenvalue weighted by Crippen LogP contribution is -2.10. The first-order valence-corrected chi connectivity index (χ1v) is 9.69. The van der Waals surface area contributed by atoms with Crippen LogP contribution in [-0.4, -0.2) is 9.97 Å².